The predicted octanol–water partition coefficient (Wildman–Crippen LogP) is 12.1. The van der Waals surface area contributed by atoms with Crippen LogP contribution in [0, 0.1) is 5.41 Å². The Bertz CT molecular complexity index is 2810. The standard InChI is InChI=1S/C50H35N3O/c1-2-12-43-50(51)40(31-44(52-43)34-13-5-3-6-14-34)33-23-21-32(22-24-33)38-18-11-20-48-49(38)42-30-36(26-28-47(42)54-48)35-25-27-46-41(29-35)39-17-9-10-19-45(39)53(46)37-15-7-4-8-16-37/h2-31,38,49,51H,1H2/b43-12+,51-50?. The smallest absolute Gasteiger partial charge is 0.130 e. The third-order valence-electron chi connectivity index (χ3n) is 10.8. The van der Waals surface area contributed by atoms with Crippen LogP contribution in [-0.4, -0.2) is 16.0 Å². The molecule has 0 saturated carbocycles. The average Bonchev–Trinajstić information content (AvgIpc) is 3.77. The summed E-state index contributed by atoms with van der Waals surface area (Å²) in [6.07, 6.45) is 12.0. The molecule has 0 radical (unpaired) electrons. The van der Waals surface area contributed by atoms with Crippen LogP contribution in [0.1, 0.15) is 34.1 Å². The minimum atomic E-state index is 0.0608. The van der Waals surface area contributed by atoms with Crippen LogP contribution in [0.3, 0.4) is 0 Å². The van der Waals surface area contributed by atoms with Crippen molar-refractivity contribution in [2.75, 3.05) is 0 Å². The summed E-state index contributed by atoms with van der Waals surface area (Å²) in [5, 5.41) is 11.5. The number of hydrogen-bond donors (Lipinski definition) is 1. The Morgan fingerprint density at radius 1 is 0.685 bits per heavy atom. The second-order valence-electron chi connectivity index (χ2n) is 13.9. The van der Waals surface area contributed by atoms with Crippen molar-refractivity contribution in [2.24, 2.45) is 4.99 Å². The first-order valence-electron chi connectivity index (χ1n) is 18.3. The summed E-state index contributed by atoms with van der Waals surface area (Å²) in [7, 11) is 0. The highest BCUT2D eigenvalue weighted by Crippen LogP contribution is 2.51. The van der Waals surface area contributed by atoms with E-state index in [2.05, 4.69) is 145 Å². The van der Waals surface area contributed by atoms with Crippen molar-refractivity contribution in [2.45, 2.75) is 11.8 Å². The lowest BCUT2D eigenvalue weighted by Gasteiger charge is -2.24. The minimum Gasteiger partial charge on any atom is -0.461 e. The summed E-state index contributed by atoms with van der Waals surface area (Å²) in [6.45, 7) is 3.86. The fraction of sp³-hybridized carbons (Fsp3) is 0.0400. The quantitative estimate of drug-likeness (QED) is 0.185. The van der Waals surface area contributed by atoms with Gasteiger partial charge in [0, 0.05) is 39.1 Å². The second kappa shape index (κ2) is 12.9. The number of aliphatic imine (C=N–C) groups is 1. The molecular formula is C50H35N3O. The monoisotopic (exact) mass is 693 g/mol. The van der Waals surface area contributed by atoms with E-state index in [0.717, 1.165) is 39.6 Å². The Labute approximate surface area is 314 Å². The zero-order valence-corrected chi connectivity index (χ0v) is 29.5. The number of dihydropyridines is 1. The molecule has 2 atom stereocenters. The lowest BCUT2D eigenvalue weighted by Crippen LogP contribution is -2.14. The molecule has 4 heteroatoms. The molecule has 6 aromatic carbocycles. The summed E-state index contributed by atoms with van der Waals surface area (Å²) in [6, 6.07) is 51.5. The van der Waals surface area contributed by atoms with Gasteiger partial charge in [-0.1, -0.05) is 128 Å². The zero-order valence-electron chi connectivity index (χ0n) is 29.5. The molecule has 3 heterocycles. The largest absolute Gasteiger partial charge is 0.461 e. The SMILES string of the molecule is C=C/C=C1/N=C(c2ccccc2)C=C(c2ccc(C3C=CC=C4Oc5ccc(-c6ccc7c(c6)c6ccccc6n7-c6ccccc6)cc5C43)cc2)C1=N. The summed E-state index contributed by atoms with van der Waals surface area (Å²) in [5.74, 6) is 2.04. The molecule has 0 bridgehead atoms. The number of ether oxygens (including phenoxy) is 1. The van der Waals surface area contributed by atoms with Crippen LogP contribution in [0.25, 0.3) is 44.2 Å². The topological polar surface area (TPSA) is 50.4 Å². The number of para-hydroxylation sites is 2. The van der Waals surface area contributed by atoms with Crippen LogP contribution in [-0.2, 0) is 0 Å². The highest BCUT2D eigenvalue weighted by atomic mass is 16.5. The molecule has 54 heavy (non-hydrogen) atoms. The maximum atomic E-state index is 9.01. The predicted molar refractivity (Wildman–Crippen MR) is 223 cm³/mol. The van der Waals surface area contributed by atoms with Crippen molar-refractivity contribution in [3.05, 3.63) is 222 Å². The maximum absolute atomic E-state index is 9.01. The number of hydrogen-bond acceptors (Lipinski definition) is 3. The van der Waals surface area contributed by atoms with Crippen LogP contribution in [0.4, 0.5) is 0 Å². The van der Waals surface area contributed by atoms with Gasteiger partial charge in [0.15, 0.2) is 0 Å². The summed E-state index contributed by atoms with van der Waals surface area (Å²) in [4.78, 5) is 4.79. The Balaban J connectivity index is 0.996. The fourth-order valence-electron chi connectivity index (χ4n) is 8.27. The first-order valence-corrected chi connectivity index (χ1v) is 18.3. The van der Waals surface area contributed by atoms with Crippen LogP contribution in [0.15, 0.2) is 205 Å². The maximum Gasteiger partial charge on any atom is 0.130 e. The molecule has 0 spiro atoms. The second-order valence-corrected chi connectivity index (χ2v) is 13.9. The third kappa shape index (κ3) is 5.22. The summed E-state index contributed by atoms with van der Waals surface area (Å²) in [5.41, 5.74) is 12.9. The van der Waals surface area contributed by atoms with E-state index < -0.39 is 0 Å². The molecule has 0 fully saturated rings. The van der Waals surface area contributed by atoms with Gasteiger partial charge in [0.25, 0.3) is 0 Å². The van der Waals surface area contributed by atoms with Crippen molar-refractivity contribution < 1.29 is 4.74 Å². The van der Waals surface area contributed by atoms with Crippen molar-refractivity contribution >= 4 is 38.8 Å². The number of allylic oxidation sites excluding steroid dienone is 8. The Kier molecular flexibility index (Phi) is 7.55. The molecular weight excluding hydrogens is 659 g/mol. The van der Waals surface area contributed by atoms with E-state index in [4.69, 9.17) is 15.1 Å². The summed E-state index contributed by atoms with van der Waals surface area (Å²) < 4.78 is 8.85. The number of benzene rings is 6. The van der Waals surface area contributed by atoms with Gasteiger partial charge in [0.1, 0.15) is 11.5 Å². The molecule has 7 aromatic rings. The van der Waals surface area contributed by atoms with Crippen LogP contribution < -0.4 is 4.74 Å². The molecule has 3 aliphatic rings. The van der Waals surface area contributed by atoms with Gasteiger partial charge >= 0.3 is 0 Å². The van der Waals surface area contributed by atoms with Gasteiger partial charge in [0.05, 0.1) is 34.1 Å². The highest BCUT2D eigenvalue weighted by Gasteiger charge is 2.37. The normalized spacial score (nSPS) is 18.2. The van der Waals surface area contributed by atoms with Gasteiger partial charge in [-0.3, -0.25) is 5.41 Å². The van der Waals surface area contributed by atoms with Crippen LogP contribution in [0.5, 0.6) is 5.75 Å². The highest BCUT2D eigenvalue weighted by molar-refractivity contribution is 6.37. The minimum absolute atomic E-state index is 0.0608. The molecule has 0 saturated heterocycles. The molecule has 1 N–H and O–H groups in total. The van der Waals surface area contributed by atoms with Gasteiger partial charge in [0.2, 0.25) is 0 Å². The number of aromatic nitrogens is 1. The summed E-state index contributed by atoms with van der Waals surface area (Å²) >= 11 is 0. The zero-order chi connectivity index (χ0) is 36.2. The average molecular weight is 694 g/mol. The van der Waals surface area contributed by atoms with E-state index >= 15 is 0 Å². The third-order valence-corrected chi connectivity index (χ3v) is 10.8. The van der Waals surface area contributed by atoms with Crippen molar-refractivity contribution in [1.29, 1.82) is 5.41 Å². The Morgan fingerprint density at radius 3 is 2.20 bits per heavy atom. The van der Waals surface area contributed by atoms with Gasteiger partial charge in [-0.05, 0) is 82.9 Å². The van der Waals surface area contributed by atoms with Crippen molar-refractivity contribution in [3.63, 3.8) is 0 Å². The van der Waals surface area contributed by atoms with E-state index in [0.29, 0.717) is 11.4 Å². The van der Waals surface area contributed by atoms with Crippen molar-refractivity contribution in [3.8, 4) is 22.6 Å². The Morgan fingerprint density at radius 2 is 1.39 bits per heavy atom. The van der Waals surface area contributed by atoms with Crippen LogP contribution >= 0.6 is 0 Å². The van der Waals surface area contributed by atoms with Crippen LogP contribution in [0.2, 0.25) is 0 Å². The molecule has 4 nitrogen and oxygen atoms in total. The van der Waals surface area contributed by atoms with E-state index in [-0.39, 0.29) is 11.8 Å². The van der Waals surface area contributed by atoms with E-state index in [1.165, 1.54) is 44.1 Å². The Hall–Kier alpha value is -7.04. The first kappa shape index (κ1) is 31.7. The van der Waals surface area contributed by atoms with E-state index in [9.17, 15) is 0 Å². The molecule has 2 unspecified atom stereocenters. The van der Waals surface area contributed by atoms with E-state index in [1.54, 1.807) is 12.2 Å². The molecule has 10 rings (SSSR count). The molecule has 0 amide bonds. The van der Waals surface area contributed by atoms with Gasteiger partial charge in [-0.25, -0.2) is 4.99 Å². The first-order chi connectivity index (χ1) is 26.6. The number of rotatable bonds is 6. The lowest BCUT2D eigenvalue weighted by molar-refractivity contribution is 0.416. The fourth-order valence-corrected chi connectivity index (χ4v) is 8.27. The molecule has 2 aliphatic heterocycles. The molecule has 1 aliphatic carbocycles. The number of nitrogens with zero attached hydrogens (tertiary/aromatic N) is 2. The van der Waals surface area contributed by atoms with Crippen molar-refractivity contribution in [1.82, 2.24) is 4.57 Å². The lowest BCUT2D eigenvalue weighted by atomic mass is 9.78. The van der Waals surface area contributed by atoms with Gasteiger partial charge < -0.3 is 9.30 Å². The molecule has 256 valence electrons. The number of nitrogens with one attached hydrogen (secondary N) is 1. The van der Waals surface area contributed by atoms with E-state index in [1.807, 2.05) is 36.4 Å². The molecule has 1 aromatic heterocycles. The van der Waals surface area contributed by atoms with Gasteiger partial charge in [-0.2, -0.15) is 0 Å². The number of fused-ring (bicyclic) bond motifs is 6. The van der Waals surface area contributed by atoms with Gasteiger partial charge in [-0.15, -0.1) is 0 Å².